The molecule has 2 amide bonds. The van der Waals surface area contributed by atoms with Crippen LogP contribution in [0.2, 0.25) is 0 Å². The van der Waals surface area contributed by atoms with Gasteiger partial charge in [0, 0.05) is 50.9 Å². The van der Waals surface area contributed by atoms with Crippen LogP contribution in [0.15, 0.2) is 24.4 Å². The predicted molar refractivity (Wildman–Crippen MR) is 151 cm³/mol. The zero-order chi connectivity index (χ0) is 27.1. The van der Waals surface area contributed by atoms with Crippen LogP contribution in [0.4, 0.5) is 23.1 Å². The molecule has 10 nitrogen and oxygen atoms in total. The Balaban J connectivity index is 1.30. The van der Waals surface area contributed by atoms with Crippen molar-refractivity contribution in [1.82, 2.24) is 19.8 Å². The molecule has 2 aliphatic carbocycles. The highest BCUT2D eigenvalue weighted by Crippen LogP contribution is 2.45. The van der Waals surface area contributed by atoms with E-state index in [9.17, 15) is 9.59 Å². The van der Waals surface area contributed by atoms with Gasteiger partial charge in [0.05, 0.1) is 24.9 Å². The highest BCUT2D eigenvalue weighted by molar-refractivity contribution is 6.00. The number of hydrogen-bond acceptors (Lipinski definition) is 8. The molecule has 3 heterocycles. The number of amides is 2. The minimum atomic E-state index is 0.00619. The summed E-state index contributed by atoms with van der Waals surface area (Å²) in [6, 6.07) is 6.05. The fraction of sp³-hybridized carbons (Fsp3) is 0.586. The Labute approximate surface area is 230 Å². The van der Waals surface area contributed by atoms with Crippen molar-refractivity contribution in [1.29, 1.82) is 0 Å². The Kier molecular flexibility index (Phi) is 7.05. The van der Waals surface area contributed by atoms with Crippen LogP contribution < -0.4 is 19.9 Å². The first-order chi connectivity index (χ1) is 18.9. The quantitative estimate of drug-likeness (QED) is 0.624. The van der Waals surface area contributed by atoms with Gasteiger partial charge < -0.3 is 29.7 Å². The Morgan fingerprint density at radius 3 is 2.54 bits per heavy atom. The molecule has 208 valence electrons. The van der Waals surface area contributed by atoms with Crippen molar-refractivity contribution in [3.05, 3.63) is 30.0 Å². The summed E-state index contributed by atoms with van der Waals surface area (Å²) in [5.74, 6) is 2.04. The highest BCUT2D eigenvalue weighted by Gasteiger charge is 2.46. The minimum Gasteiger partial charge on any atom is -0.495 e. The van der Waals surface area contributed by atoms with E-state index in [4.69, 9.17) is 9.72 Å². The molecule has 2 atom stereocenters. The third kappa shape index (κ3) is 4.79. The fourth-order valence-electron chi connectivity index (χ4n) is 6.81. The molecule has 39 heavy (non-hydrogen) atoms. The fourth-order valence-corrected chi connectivity index (χ4v) is 6.81. The van der Waals surface area contributed by atoms with Gasteiger partial charge in [0.2, 0.25) is 11.9 Å². The lowest BCUT2D eigenvalue weighted by atomic mass is 9.99. The van der Waals surface area contributed by atoms with Crippen LogP contribution in [-0.2, 0) is 4.79 Å². The second-order valence-corrected chi connectivity index (χ2v) is 11.4. The molecule has 4 aliphatic rings. The van der Waals surface area contributed by atoms with Gasteiger partial charge in [0.1, 0.15) is 11.4 Å². The lowest BCUT2D eigenvalue weighted by Gasteiger charge is -2.36. The van der Waals surface area contributed by atoms with Gasteiger partial charge >= 0.3 is 0 Å². The molecule has 0 spiro atoms. The van der Waals surface area contributed by atoms with E-state index in [1.165, 1.54) is 12.8 Å². The Hall–Kier alpha value is -3.40. The van der Waals surface area contributed by atoms with Crippen molar-refractivity contribution in [2.24, 2.45) is 5.92 Å². The lowest BCUT2D eigenvalue weighted by Crippen LogP contribution is -2.47. The standard InChI is InChI=1S/C29H39N7O3/c1-33-13-15-35(16-14-33)27(37)19-11-12-22(25(17-19)39-3)31-29-30-18-24-26(32-29)36(20-7-4-5-8-20)23-10-6-9-21(23)28(38)34(24)2/h11-12,17-18,20-21,23H,4-10,13-16H2,1-3H3,(H,30,31,32)/t21-,23+/m0/s1. The van der Waals surface area contributed by atoms with Gasteiger partial charge in [0.25, 0.3) is 5.91 Å². The number of methoxy groups -OCH3 is 1. The predicted octanol–water partition coefficient (Wildman–Crippen LogP) is 3.51. The van der Waals surface area contributed by atoms with Crippen molar-refractivity contribution >= 4 is 35.0 Å². The van der Waals surface area contributed by atoms with Crippen molar-refractivity contribution in [2.75, 3.05) is 62.5 Å². The molecule has 3 fully saturated rings. The second kappa shape index (κ2) is 10.6. The lowest BCUT2D eigenvalue weighted by molar-refractivity contribution is -0.122. The average Bonchev–Trinajstić information content (AvgIpc) is 3.65. The van der Waals surface area contributed by atoms with E-state index in [0.717, 1.165) is 69.8 Å². The maximum atomic E-state index is 13.4. The summed E-state index contributed by atoms with van der Waals surface area (Å²) in [4.78, 5) is 44.5. The molecule has 1 aromatic heterocycles. The first-order valence-corrected chi connectivity index (χ1v) is 14.3. The van der Waals surface area contributed by atoms with Gasteiger partial charge in [-0.2, -0.15) is 4.98 Å². The van der Waals surface area contributed by atoms with Gasteiger partial charge in [-0.3, -0.25) is 9.59 Å². The van der Waals surface area contributed by atoms with Crippen molar-refractivity contribution < 1.29 is 14.3 Å². The van der Waals surface area contributed by atoms with E-state index in [1.54, 1.807) is 24.3 Å². The van der Waals surface area contributed by atoms with Gasteiger partial charge in [-0.15, -0.1) is 0 Å². The number of nitrogens with zero attached hydrogens (tertiary/aromatic N) is 6. The van der Waals surface area contributed by atoms with Gasteiger partial charge in [-0.05, 0) is 50.9 Å². The Morgan fingerprint density at radius 2 is 1.79 bits per heavy atom. The molecule has 10 heteroatoms. The van der Waals surface area contributed by atoms with E-state index in [2.05, 4.69) is 27.1 Å². The molecule has 6 rings (SSSR count). The number of anilines is 4. The molecule has 2 saturated carbocycles. The number of benzene rings is 1. The Bertz CT molecular complexity index is 1240. The second-order valence-electron chi connectivity index (χ2n) is 11.4. The zero-order valence-corrected chi connectivity index (χ0v) is 23.2. The van der Waals surface area contributed by atoms with Crippen LogP contribution in [0, 0.1) is 5.92 Å². The van der Waals surface area contributed by atoms with E-state index >= 15 is 0 Å². The summed E-state index contributed by atoms with van der Waals surface area (Å²) < 4.78 is 5.68. The highest BCUT2D eigenvalue weighted by atomic mass is 16.5. The SMILES string of the molecule is COc1cc(C(=O)N2CCN(C)CC2)ccc1Nc1ncc2c(n1)N(C1CCCC1)[C@@H]1CCC[C@@H]1C(=O)N2C. The first kappa shape index (κ1) is 25.9. The normalized spacial score (nSPS) is 24.0. The molecule has 0 bridgehead atoms. The maximum Gasteiger partial charge on any atom is 0.254 e. The summed E-state index contributed by atoms with van der Waals surface area (Å²) in [7, 11) is 5.53. The van der Waals surface area contributed by atoms with Crippen LogP contribution in [0.25, 0.3) is 0 Å². The summed E-state index contributed by atoms with van der Waals surface area (Å²) in [5, 5.41) is 3.33. The van der Waals surface area contributed by atoms with Gasteiger partial charge in [-0.1, -0.05) is 19.3 Å². The topological polar surface area (TPSA) is 94.1 Å². The molecular formula is C29H39N7O3. The molecule has 1 N–H and O–H groups in total. The zero-order valence-electron chi connectivity index (χ0n) is 23.2. The van der Waals surface area contributed by atoms with Gasteiger partial charge in [0.15, 0.2) is 5.82 Å². The summed E-state index contributed by atoms with van der Waals surface area (Å²) >= 11 is 0. The molecule has 1 saturated heterocycles. The molecule has 1 aromatic carbocycles. The Morgan fingerprint density at radius 1 is 1.03 bits per heavy atom. The summed E-state index contributed by atoms with van der Waals surface area (Å²) in [5.41, 5.74) is 2.06. The number of nitrogens with one attached hydrogen (secondary N) is 1. The van der Waals surface area contributed by atoms with Crippen molar-refractivity contribution in [3.8, 4) is 5.75 Å². The van der Waals surface area contributed by atoms with Crippen molar-refractivity contribution in [3.63, 3.8) is 0 Å². The number of likely N-dealkylation sites (N-methyl/N-ethyl adjacent to an activating group) is 1. The number of hydrogen-bond donors (Lipinski definition) is 1. The smallest absolute Gasteiger partial charge is 0.254 e. The van der Waals surface area contributed by atoms with E-state index in [1.807, 2.05) is 24.1 Å². The number of piperazine rings is 1. The monoisotopic (exact) mass is 533 g/mol. The molecule has 0 radical (unpaired) electrons. The largest absolute Gasteiger partial charge is 0.495 e. The van der Waals surface area contributed by atoms with Crippen LogP contribution >= 0.6 is 0 Å². The van der Waals surface area contributed by atoms with E-state index in [-0.39, 0.29) is 23.8 Å². The summed E-state index contributed by atoms with van der Waals surface area (Å²) in [6.07, 6.45) is 9.47. The number of ether oxygens (including phenoxy) is 1. The third-order valence-electron chi connectivity index (χ3n) is 9.04. The van der Waals surface area contributed by atoms with E-state index < -0.39 is 0 Å². The van der Waals surface area contributed by atoms with Crippen LogP contribution in [0.5, 0.6) is 5.75 Å². The molecule has 2 aliphatic heterocycles. The average molecular weight is 534 g/mol. The summed E-state index contributed by atoms with van der Waals surface area (Å²) in [6.45, 7) is 3.19. The van der Waals surface area contributed by atoms with Gasteiger partial charge in [-0.25, -0.2) is 4.98 Å². The van der Waals surface area contributed by atoms with Crippen molar-refractivity contribution in [2.45, 2.75) is 57.0 Å². The molecular weight excluding hydrogens is 494 g/mol. The first-order valence-electron chi connectivity index (χ1n) is 14.3. The maximum absolute atomic E-state index is 13.4. The van der Waals surface area contributed by atoms with Crippen LogP contribution in [0.1, 0.15) is 55.3 Å². The van der Waals surface area contributed by atoms with Crippen LogP contribution in [-0.4, -0.2) is 91.0 Å². The number of carbonyl (C=O) groups is 2. The number of carbonyl (C=O) groups excluding carboxylic acids is 2. The molecule has 2 aromatic rings. The third-order valence-corrected chi connectivity index (χ3v) is 9.04. The number of fused-ring (bicyclic) bond motifs is 2. The number of rotatable bonds is 5. The number of aromatic nitrogens is 2. The molecule has 0 unspecified atom stereocenters. The minimum absolute atomic E-state index is 0.00619. The van der Waals surface area contributed by atoms with E-state index in [0.29, 0.717) is 29.0 Å². The van der Waals surface area contributed by atoms with Crippen LogP contribution in [0.3, 0.4) is 0 Å².